The van der Waals surface area contributed by atoms with Crippen molar-refractivity contribution in [2.75, 3.05) is 26.7 Å². The fourth-order valence-corrected chi connectivity index (χ4v) is 3.05. The van der Waals surface area contributed by atoms with Gasteiger partial charge in [-0.25, -0.2) is 0 Å². The Labute approximate surface area is 97.2 Å². The number of likely N-dealkylation sites (N-methyl/N-ethyl adjacent to an activating group) is 1. The Balaban J connectivity index is 1.96. The molecule has 92 valence electrons. The Hall–Kier alpha value is -0.610. The third kappa shape index (κ3) is 2.09. The van der Waals surface area contributed by atoms with Gasteiger partial charge in [0.05, 0.1) is 5.92 Å². The highest BCUT2D eigenvalue weighted by Gasteiger charge is 2.40. The van der Waals surface area contributed by atoms with Crippen LogP contribution in [0, 0.1) is 11.8 Å². The highest BCUT2D eigenvalue weighted by molar-refractivity contribution is 5.71. The van der Waals surface area contributed by atoms with Crippen LogP contribution in [0.5, 0.6) is 0 Å². The molecule has 2 heterocycles. The van der Waals surface area contributed by atoms with E-state index in [2.05, 4.69) is 30.7 Å². The van der Waals surface area contributed by atoms with Gasteiger partial charge in [-0.15, -0.1) is 0 Å². The standard InChI is InChI=1S/C12H22N2O2/c1-8-5-14(7-11(8)12(15)16)10-4-9(2)13(3)6-10/h8-11H,4-7H2,1-3H3,(H,15,16). The van der Waals surface area contributed by atoms with E-state index in [-0.39, 0.29) is 5.92 Å². The summed E-state index contributed by atoms with van der Waals surface area (Å²) in [5.41, 5.74) is 0. The summed E-state index contributed by atoms with van der Waals surface area (Å²) in [4.78, 5) is 15.8. The summed E-state index contributed by atoms with van der Waals surface area (Å²) in [6.45, 7) is 7.07. The molecular weight excluding hydrogens is 204 g/mol. The molecule has 4 atom stereocenters. The minimum absolute atomic E-state index is 0.166. The molecule has 2 fully saturated rings. The van der Waals surface area contributed by atoms with E-state index >= 15 is 0 Å². The summed E-state index contributed by atoms with van der Waals surface area (Å²) in [7, 11) is 2.15. The van der Waals surface area contributed by atoms with Gasteiger partial charge in [0.15, 0.2) is 0 Å². The second-order valence-electron chi connectivity index (χ2n) is 5.55. The number of likely N-dealkylation sites (tertiary alicyclic amines) is 2. The molecule has 4 nitrogen and oxygen atoms in total. The van der Waals surface area contributed by atoms with Crippen LogP contribution in [0.15, 0.2) is 0 Å². The minimum atomic E-state index is -0.630. The van der Waals surface area contributed by atoms with Crippen molar-refractivity contribution < 1.29 is 9.90 Å². The van der Waals surface area contributed by atoms with E-state index in [0.29, 0.717) is 18.0 Å². The number of carbonyl (C=O) groups is 1. The molecule has 0 aliphatic carbocycles. The van der Waals surface area contributed by atoms with Gasteiger partial charge in [-0.3, -0.25) is 9.69 Å². The van der Waals surface area contributed by atoms with E-state index in [9.17, 15) is 4.79 Å². The summed E-state index contributed by atoms with van der Waals surface area (Å²) in [6, 6.07) is 1.19. The van der Waals surface area contributed by atoms with Crippen molar-refractivity contribution >= 4 is 5.97 Å². The summed E-state index contributed by atoms with van der Waals surface area (Å²) in [6.07, 6.45) is 1.18. The zero-order valence-corrected chi connectivity index (χ0v) is 10.4. The van der Waals surface area contributed by atoms with Gasteiger partial charge in [0.1, 0.15) is 0 Å². The van der Waals surface area contributed by atoms with E-state index in [1.165, 1.54) is 6.42 Å². The van der Waals surface area contributed by atoms with Crippen LogP contribution in [0.3, 0.4) is 0 Å². The van der Waals surface area contributed by atoms with Crippen molar-refractivity contribution in [2.45, 2.75) is 32.4 Å². The zero-order valence-electron chi connectivity index (χ0n) is 10.4. The first-order valence-corrected chi connectivity index (χ1v) is 6.16. The third-order valence-electron chi connectivity index (χ3n) is 4.34. The monoisotopic (exact) mass is 226 g/mol. The number of aliphatic carboxylic acids is 1. The van der Waals surface area contributed by atoms with Crippen molar-refractivity contribution in [2.24, 2.45) is 11.8 Å². The Kier molecular flexibility index (Phi) is 3.22. The van der Waals surface area contributed by atoms with Crippen LogP contribution in [-0.4, -0.2) is 59.6 Å². The smallest absolute Gasteiger partial charge is 0.308 e. The molecule has 2 saturated heterocycles. The quantitative estimate of drug-likeness (QED) is 0.754. The molecule has 0 saturated carbocycles. The van der Waals surface area contributed by atoms with Crippen LogP contribution in [0.4, 0.5) is 0 Å². The molecule has 0 aromatic rings. The van der Waals surface area contributed by atoms with Crippen molar-refractivity contribution in [3.8, 4) is 0 Å². The van der Waals surface area contributed by atoms with Gasteiger partial charge in [-0.1, -0.05) is 6.92 Å². The Morgan fingerprint density at radius 2 is 1.94 bits per heavy atom. The first-order valence-electron chi connectivity index (χ1n) is 6.16. The zero-order chi connectivity index (χ0) is 11.9. The average molecular weight is 226 g/mol. The number of carboxylic acids is 1. The van der Waals surface area contributed by atoms with Crippen molar-refractivity contribution in [3.05, 3.63) is 0 Å². The molecule has 4 heteroatoms. The third-order valence-corrected chi connectivity index (χ3v) is 4.34. The molecule has 2 aliphatic heterocycles. The van der Waals surface area contributed by atoms with E-state index in [1.807, 2.05) is 0 Å². The van der Waals surface area contributed by atoms with E-state index in [1.54, 1.807) is 0 Å². The van der Waals surface area contributed by atoms with Crippen LogP contribution < -0.4 is 0 Å². The topological polar surface area (TPSA) is 43.8 Å². The van der Waals surface area contributed by atoms with Crippen LogP contribution in [0.1, 0.15) is 20.3 Å². The SMILES string of the molecule is CC1CN(C2CC(C)N(C)C2)CC1C(=O)O. The Morgan fingerprint density at radius 1 is 1.25 bits per heavy atom. The average Bonchev–Trinajstić information content (AvgIpc) is 2.71. The molecule has 16 heavy (non-hydrogen) atoms. The van der Waals surface area contributed by atoms with E-state index < -0.39 is 5.97 Å². The number of carboxylic acid groups (broad SMARTS) is 1. The predicted molar refractivity (Wildman–Crippen MR) is 62.4 cm³/mol. The lowest BCUT2D eigenvalue weighted by molar-refractivity contribution is -0.142. The number of hydrogen-bond donors (Lipinski definition) is 1. The fourth-order valence-electron chi connectivity index (χ4n) is 3.05. The van der Waals surface area contributed by atoms with Crippen molar-refractivity contribution in [3.63, 3.8) is 0 Å². The minimum Gasteiger partial charge on any atom is -0.481 e. The normalized spacial score (nSPS) is 41.7. The van der Waals surface area contributed by atoms with Crippen molar-refractivity contribution in [1.29, 1.82) is 0 Å². The lowest BCUT2D eigenvalue weighted by Gasteiger charge is -2.23. The van der Waals surface area contributed by atoms with Gasteiger partial charge in [0.25, 0.3) is 0 Å². The predicted octanol–water partition coefficient (Wildman–Crippen LogP) is 0.732. The molecule has 2 rings (SSSR count). The second kappa shape index (κ2) is 4.34. The second-order valence-corrected chi connectivity index (χ2v) is 5.55. The summed E-state index contributed by atoms with van der Waals surface area (Å²) in [5.74, 6) is -0.505. The summed E-state index contributed by atoms with van der Waals surface area (Å²) < 4.78 is 0. The number of nitrogens with zero attached hydrogens (tertiary/aromatic N) is 2. The van der Waals surface area contributed by atoms with Gasteiger partial charge in [-0.05, 0) is 26.3 Å². The first kappa shape index (κ1) is 11.9. The van der Waals surface area contributed by atoms with Gasteiger partial charge >= 0.3 is 5.97 Å². The van der Waals surface area contributed by atoms with Gasteiger partial charge in [-0.2, -0.15) is 0 Å². The fraction of sp³-hybridized carbons (Fsp3) is 0.917. The molecule has 0 amide bonds. The number of hydrogen-bond acceptors (Lipinski definition) is 3. The summed E-state index contributed by atoms with van der Waals surface area (Å²) in [5, 5.41) is 9.11. The molecule has 0 radical (unpaired) electrons. The Bertz CT molecular complexity index is 272. The maximum Gasteiger partial charge on any atom is 0.308 e. The molecule has 2 aliphatic rings. The van der Waals surface area contributed by atoms with Crippen molar-refractivity contribution in [1.82, 2.24) is 9.80 Å². The lowest BCUT2D eigenvalue weighted by Crippen LogP contribution is -2.36. The lowest BCUT2D eigenvalue weighted by atomic mass is 9.99. The van der Waals surface area contributed by atoms with Crippen LogP contribution in [-0.2, 0) is 4.79 Å². The molecular formula is C12H22N2O2. The molecule has 0 aromatic heterocycles. The number of rotatable bonds is 2. The molecule has 1 N–H and O–H groups in total. The van der Waals surface area contributed by atoms with Crippen LogP contribution >= 0.6 is 0 Å². The highest BCUT2D eigenvalue weighted by Crippen LogP contribution is 2.29. The van der Waals surface area contributed by atoms with Gasteiger partial charge < -0.3 is 10.0 Å². The van der Waals surface area contributed by atoms with E-state index in [4.69, 9.17) is 5.11 Å². The molecule has 4 unspecified atom stereocenters. The maximum atomic E-state index is 11.1. The maximum absolute atomic E-state index is 11.1. The van der Waals surface area contributed by atoms with Crippen LogP contribution in [0.25, 0.3) is 0 Å². The first-order chi connectivity index (χ1) is 7.49. The molecule has 0 bridgehead atoms. The largest absolute Gasteiger partial charge is 0.481 e. The Morgan fingerprint density at radius 3 is 2.38 bits per heavy atom. The van der Waals surface area contributed by atoms with Gasteiger partial charge in [0, 0.05) is 31.7 Å². The molecule has 0 aromatic carbocycles. The highest BCUT2D eigenvalue weighted by atomic mass is 16.4. The van der Waals surface area contributed by atoms with E-state index in [0.717, 1.165) is 19.6 Å². The summed E-state index contributed by atoms with van der Waals surface area (Å²) >= 11 is 0. The van der Waals surface area contributed by atoms with Gasteiger partial charge in [0.2, 0.25) is 0 Å². The molecule has 0 spiro atoms. The van der Waals surface area contributed by atoms with Crippen LogP contribution in [0.2, 0.25) is 0 Å².